The van der Waals surface area contributed by atoms with E-state index in [0.717, 1.165) is 10.2 Å². The van der Waals surface area contributed by atoms with Crippen LogP contribution in [0, 0.1) is 0 Å². The lowest BCUT2D eigenvalue weighted by Gasteiger charge is -2.37. The number of amides is 1. The quantitative estimate of drug-likeness (QED) is 0.723. The second-order valence-corrected chi connectivity index (χ2v) is 11.4. The van der Waals surface area contributed by atoms with E-state index in [1.165, 1.54) is 20.5 Å². The van der Waals surface area contributed by atoms with Crippen LogP contribution in [-0.2, 0) is 14.8 Å². The molecular formula is C15H23BrN2O4S2. The Balaban J connectivity index is 2.10. The third-order valence-electron chi connectivity index (χ3n) is 3.73. The molecule has 0 spiro atoms. The molecule has 9 heteroatoms. The minimum Gasteiger partial charge on any atom is -0.444 e. The van der Waals surface area contributed by atoms with Crippen molar-refractivity contribution in [1.29, 1.82) is 0 Å². The highest BCUT2D eigenvalue weighted by atomic mass is 79.9. The Kier molecular flexibility index (Phi) is 5.99. The molecule has 0 saturated carbocycles. The molecule has 1 aliphatic heterocycles. The van der Waals surface area contributed by atoms with E-state index >= 15 is 0 Å². The van der Waals surface area contributed by atoms with Gasteiger partial charge < -0.3 is 9.64 Å². The fourth-order valence-electron chi connectivity index (χ4n) is 2.50. The van der Waals surface area contributed by atoms with Gasteiger partial charge in [-0.2, -0.15) is 4.31 Å². The number of hydrogen-bond acceptors (Lipinski definition) is 5. The number of halogens is 1. The van der Waals surface area contributed by atoms with Crippen LogP contribution in [0.3, 0.4) is 0 Å². The average Bonchev–Trinajstić information content (AvgIpc) is 2.92. The normalized spacial score (nSPS) is 20.0. The second kappa shape index (κ2) is 7.31. The van der Waals surface area contributed by atoms with Crippen LogP contribution in [0.5, 0.6) is 0 Å². The molecule has 136 valence electrons. The van der Waals surface area contributed by atoms with E-state index in [9.17, 15) is 13.2 Å². The molecule has 0 aliphatic carbocycles. The molecule has 1 amide bonds. The van der Waals surface area contributed by atoms with Crippen molar-refractivity contribution >= 4 is 43.4 Å². The summed E-state index contributed by atoms with van der Waals surface area (Å²) in [7, 11) is -1.86. The lowest BCUT2D eigenvalue weighted by atomic mass is 10.1. The first-order chi connectivity index (χ1) is 11.0. The molecule has 2 heterocycles. The third kappa shape index (κ3) is 4.71. The van der Waals surface area contributed by atoms with Crippen molar-refractivity contribution in [3.63, 3.8) is 0 Å². The summed E-state index contributed by atoms with van der Waals surface area (Å²) in [4.78, 5) is 13.7. The lowest BCUT2D eigenvalue weighted by Crippen LogP contribution is -2.51. The summed E-state index contributed by atoms with van der Waals surface area (Å²) >= 11 is 4.49. The lowest BCUT2D eigenvalue weighted by molar-refractivity contribution is 0.0173. The Bertz CT molecular complexity index is 697. The highest BCUT2D eigenvalue weighted by Gasteiger charge is 2.35. The number of piperidine rings is 1. The van der Waals surface area contributed by atoms with Gasteiger partial charge in [-0.3, -0.25) is 0 Å². The number of carbonyl (C=O) groups excluding carboxylic acids is 1. The molecule has 2 rings (SSSR count). The zero-order valence-electron chi connectivity index (χ0n) is 14.3. The van der Waals surface area contributed by atoms with Crippen molar-refractivity contribution in [2.45, 2.75) is 49.5 Å². The number of carbonyl (C=O) groups is 1. The number of hydrogen-bond donors (Lipinski definition) is 0. The third-order valence-corrected chi connectivity index (χ3v) is 7.69. The number of rotatable bonds is 3. The minimum atomic E-state index is -3.53. The van der Waals surface area contributed by atoms with Crippen LogP contribution < -0.4 is 0 Å². The molecule has 0 bridgehead atoms. The highest BCUT2D eigenvalue weighted by molar-refractivity contribution is 9.11. The summed E-state index contributed by atoms with van der Waals surface area (Å²) < 4.78 is 33.4. The van der Waals surface area contributed by atoms with Gasteiger partial charge in [0.2, 0.25) is 0 Å². The average molecular weight is 439 g/mol. The zero-order chi connectivity index (χ0) is 18.1. The Morgan fingerprint density at radius 3 is 2.62 bits per heavy atom. The minimum absolute atomic E-state index is 0.188. The Morgan fingerprint density at radius 2 is 2.08 bits per heavy atom. The molecule has 24 heavy (non-hydrogen) atoms. The van der Waals surface area contributed by atoms with Gasteiger partial charge in [0, 0.05) is 26.2 Å². The molecule has 6 nitrogen and oxygen atoms in total. The van der Waals surface area contributed by atoms with E-state index in [2.05, 4.69) is 15.9 Å². The van der Waals surface area contributed by atoms with Gasteiger partial charge in [-0.15, -0.1) is 11.3 Å². The molecule has 0 N–H and O–H groups in total. The van der Waals surface area contributed by atoms with Crippen LogP contribution in [0.15, 0.2) is 20.1 Å². The van der Waals surface area contributed by atoms with E-state index in [0.29, 0.717) is 17.2 Å². The van der Waals surface area contributed by atoms with Crippen molar-refractivity contribution in [2.75, 3.05) is 20.1 Å². The van der Waals surface area contributed by atoms with Gasteiger partial charge in [-0.25, -0.2) is 13.2 Å². The summed E-state index contributed by atoms with van der Waals surface area (Å²) in [5.74, 6) is 0. The maximum atomic E-state index is 12.7. The largest absolute Gasteiger partial charge is 0.444 e. The van der Waals surface area contributed by atoms with Crippen molar-refractivity contribution in [3.05, 3.63) is 15.9 Å². The standard InChI is InChI=1S/C15H23BrN2O4S2/c1-15(2,3)22-14(19)17(4)11-6-5-9-18(10-11)24(20,21)13-8-7-12(16)23-13/h7-8,11H,5-6,9-10H2,1-4H3/t11-/m0/s1. The van der Waals surface area contributed by atoms with Crippen LogP contribution in [-0.4, -0.2) is 55.5 Å². The number of likely N-dealkylation sites (N-methyl/N-ethyl adjacent to an activating group) is 1. The zero-order valence-corrected chi connectivity index (χ0v) is 17.5. The molecule has 0 radical (unpaired) electrons. The van der Waals surface area contributed by atoms with Crippen molar-refractivity contribution in [2.24, 2.45) is 0 Å². The Hall–Kier alpha value is -0.640. The molecule has 1 saturated heterocycles. The van der Waals surface area contributed by atoms with Crippen molar-refractivity contribution < 1.29 is 17.9 Å². The molecular weight excluding hydrogens is 416 g/mol. The number of thiophene rings is 1. The first-order valence-corrected chi connectivity index (χ1v) is 10.8. The van der Waals surface area contributed by atoms with Gasteiger partial charge in [0.1, 0.15) is 9.81 Å². The van der Waals surface area contributed by atoms with Gasteiger partial charge in [0.15, 0.2) is 0 Å². The predicted molar refractivity (Wildman–Crippen MR) is 97.8 cm³/mol. The first kappa shape index (κ1) is 19.7. The Labute approximate surface area is 156 Å². The molecule has 0 aromatic carbocycles. The fraction of sp³-hybridized carbons (Fsp3) is 0.667. The molecule has 1 fully saturated rings. The molecule has 0 unspecified atom stereocenters. The van der Waals surface area contributed by atoms with Crippen molar-refractivity contribution in [3.8, 4) is 0 Å². The molecule has 1 aromatic rings. The summed E-state index contributed by atoms with van der Waals surface area (Å²) in [5.41, 5.74) is -0.574. The predicted octanol–water partition coefficient (Wildman–Crippen LogP) is 3.53. The van der Waals surface area contributed by atoms with Gasteiger partial charge in [0.05, 0.1) is 3.79 Å². The maximum absolute atomic E-state index is 12.7. The topological polar surface area (TPSA) is 66.9 Å². The highest BCUT2D eigenvalue weighted by Crippen LogP contribution is 2.30. The number of ether oxygens (including phenoxy) is 1. The molecule has 1 aliphatic rings. The van der Waals surface area contributed by atoms with Crippen LogP contribution in [0.2, 0.25) is 0 Å². The van der Waals surface area contributed by atoms with Crippen LogP contribution in [0.25, 0.3) is 0 Å². The van der Waals surface area contributed by atoms with Gasteiger partial charge >= 0.3 is 6.09 Å². The van der Waals surface area contributed by atoms with E-state index in [-0.39, 0.29) is 12.6 Å². The van der Waals surface area contributed by atoms with Crippen LogP contribution in [0.1, 0.15) is 33.6 Å². The summed E-state index contributed by atoms with van der Waals surface area (Å²) in [6.07, 6.45) is 1.05. The fourth-order valence-corrected chi connectivity index (χ4v) is 6.18. The Morgan fingerprint density at radius 1 is 1.42 bits per heavy atom. The summed E-state index contributed by atoms with van der Waals surface area (Å²) in [5, 5.41) is 0. The van der Waals surface area contributed by atoms with Gasteiger partial charge in [-0.05, 0) is 61.7 Å². The van der Waals surface area contributed by atoms with E-state index in [1.54, 1.807) is 19.2 Å². The van der Waals surface area contributed by atoms with Crippen molar-refractivity contribution in [1.82, 2.24) is 9.21 Å². The molecule has 1 atom stereocenters. The number of nitrogens with zero attached hydrogens (tertiary/aromatic N) is 2. The smallest absolute Gasteiger partial charge is 0.410 e. The maximum Gasteiger partial charge on any atom is 0.410 e. The SMILES string of the molecule is CN(C(=O)OC(C)(C)C)[C@H]1CCCN(S(=O)(=O)c2ccc(Br)s2)C1. The molecule has 1 aromatic heterocycles. The summed E-state index contributed by atoms with van der Waals surface area (Å²) in [6, 6.07) is 3.14. The van der Waals surface area contributed by atoms with Crippen LogP contribution in [0.4, 0.5) is 4.79 Å². The number of sulfonamides is 1. The summed E-state index contributed by atoms with van der Waals surface area (Å²) in [6.45, 7) is 6.19. The van der Waals surface area contributed by atoms with Gasteiger partial charge in [-0.1, -0.05) is 0 Å². The van der Waals surface area contributed by atoms with Crippen LogP contribution >= 0.6 is 27.3 Å². The monoisotopic (exact) mass is 438 g/mol. The van der Waals surface area contributed by atoms with E-state index < -0.39 is 21.7 Å². The van der Waals surface area contributed by atoms with Gasteiger partial charge in [0.25, 0.3) is 10.0 Å². The van der Waals surface area contributed by atoms with E-state index in [4.69, 9.17) is 4.74 Å². The first-order valence-electron chi connectivity index (χ1n) is 7.72. The second-order valence-electron chi connectivity index (χ2n) is 6.81. The van der Waals surface area contributed by atoms with E-state index in [1.807, 2.05) is 20.8 Å².